The fourth-order valence-corrected chi connectivity index (χ4v) is 3.88. The molecule has 0 aliphatic carbocycles. The van der Waals surface area contributed by atoms with Crippen LogP contribution in [0, 0.1) is 0 Å². The topological polar surface area (TPSA) is 109 Å². The van der Waals surface area contributed by atoms with E-state index in [1.165, 1.54) is 6.33 Å². The molecule has 3 aromatic rings. The minimum atomic E-state index is -0.645. The third kappa shape index (κ3) is 3.91. The maximum atomic E-state index is 13.6. The Morgan fingerprint density at radius 3 is 2.33 bits per heavy atom. The quantitative estimate of drug-likeness (QED) is 0.564. The van der Waals surface area contributed by atoms with E-state index in [2.05, 4.69) is 20.7 Å². The van der Waals surface area contributed by atoms with Crippen LogP contribution in [0.3, 0.4) is 0 Å². The van der Waals surface area contributed by atoms with Crippen LogP contribution in [0.2, 0.25) is 0 Å². The van der Waals surface area contributed by atoms with E-state index in [1.54, 1.807) is 57.4 Å². The Labute approximate surface area is 191 Å². The number of hydrogen-bond acceptors (Lipinski definition) is 8. The van der Waals surface area contributed by atoms with Gasteiger partial charge >= 0.3 is 0 Å². The number of nitrogens with one attached hydrogen (secondary N) is 2. The summed E-state index contributed by atoms with van der Waals surface area (Å²) in [6.07, 6.45) is 1.43. The van der Waals surface area contributed by atoms with Crippen LogP contribution in [0.5, 0.6) is 23.0 Å². The average molecular weight is 451 g/mol. The fraction of sp³-hybridized carbons (Fsp3) is 0.261. The van der Waals surface area contributed by atoms with Gasteiger partial charge in [-0.3, -0.25) is 4.79 Å². The number of carbonyl (C=O) groups is 1. The Hall–Kier alpha value is -4.21. The molecule has 0 fully saturated rings. The summed E-state index contributed by atoms with van der Waals surface area (Å²) in [6.45, 7) is 1.82. The summed E-state index contributed by atoms with van der Waals surface area (Å²) in [5, 5.41) is 10.5. The third-order valence-electron chi connectivity index (χ3n) is 5.42. The highest BCUT2D eigenvalue weighted by Gasteiger charge is 2.36. The minimum absolute atomic E-state index is 0.326. The SMILES string of the molecule is COc1ccccc1NC(=O)C1=C(C)Nc2ncnn2[C@@H]1c1cc(OC)c(OC)cc1OC. The number of allylic oxidation sites excluding steroid dienone is 1. The molecule has 172 valence electrons. The predicted octanol–water partition coefficient (Wildman–Crippen LogP) is 3.24. The van der Waals surface area contributed by atoms with Gasteiger partial charge in [-0.1, -0.05) is 12.1 Å². The number of rotatable bonds is 7. The second-order valence-corrected chi connectivity index (χ2v) is 7.20. The maximum absolute atomic E-state index is 13.6. The molecule has 2 heterocycles. The van der Waals surface area contributed by atoms with Crippen molar-refractivity contribution in [2.24, 2.45) is 0 Å². The van der Waals surface area contributed by atoms with E-state index in [1.807, 2.05) is 19.1 Å². The molecule has 0 saturated carbocycles. The molecule has 0 radical (unpaired) electrons. The van der Waals surface area contributed by atoms with Crippen LogP contribution in [-0.4, -0.2) is 49.1 Å². The smallest absolute Gasteiger partial charge is 0.255 e. The van der Waals surface area contributed by atoms with E-state index in [-0.39, 0.29) is 5.91 Å². The Bertz CT molecular complexity index is 1220. The molecule has 2 aromatic carbocycles. The van der Waals surface area contributed by atoms with Crippen LogP contribution in [-0.2, 0) is 4.79 Å². The number of aromatic nitrogens is 3. The van der Waals surface area contributed by atoms with Crippen molar-refractivity contribution in [3.63, 3.8) is 0 Å². The van der Waals surface area contributed by atoms with Crippen LogP contribution in [0.25, 0.3) is 0 Å². The van der Waals surface area contributed by atoms with Crippen molar-refractivity contribution in [2.75, 3.05) is 39.1 Å². The number of anilines is 2. The summed E-state index contributed by atoms with van der Waals surface area (Å²) in [5.41, 5.74) is 2.27. The molecular weight excluding hydrogens is 426 g/mol. The highest BCUT2D eigenvalue weighted by Crippen LogP contribution is 2.44. The molecule has 10 nitrogen and oxygen atoms in total. The van der Waals surface area contributed by atoms with E-state index >= 15 is 0 Å². The van der Waals surface area contributed by atoms with Crippen molar-refractivity contribution in [1.82, 2.24) is 14.8 Å². The van der Waals surface area contributed by atoms with Crippen molar-refractivity contribution in [2.45, 2.75) is 13.0 Å². The zero-order chi connectivity index (χ0) is 23.5. The zero-order valence-corrected chi connectivity index (χ0v) is 19.0. The maximum Gasteiger partial charge on any atom is 0.255 e. The molecule has 4 rings (SSSR count). The summed E-state index contributed by atoms with van der Waals surface area (Å²) in [7, 11) is 6.21. The van der Waals surface area contributed by atoms with Gasteiger partial charge in [0.2, 0.25) is 5.95 Å². The van der Waals surface area contributed by atoms with E-state index < -0.39 is 6.04 Å². The third-order valence-corrected chi connectivity index (χ3v) is 5.42. The number of hydrogen-bond donors (Lipinski definition) is 2. The van der Waals surface area contributed by atoms with Crippen molar-refractivity contribution >= 4 is 17.5 Å². The van der Waals surface area contributed by atoms with Crippen LogP contribution in [0.1, 0.15) is 18.5 Å². The van der Waals surface area contributed by atoms with E-state index in [4.69, 9.17) is 18.9 Å². The molecule has 0 spiro atoms. The van der Waals surface area contributed by atoms with Gasteiger partial charge in [0.15, 0.2) is 11.5 Å². The van der Waals surface area contributed by atoms with Crippen LogP contribution in [0.15, 0.2) is 54.0 Å². The summed E-state index contributed by atoms with van der Waals surface area (Å²) in [6, 6.07) is 10.1. The number of fused-ring (bicyclic) bond motifs is 1. The normalized spacial score (nSPS) is 14.8. The predicted molar refractivity (Wildman–Crippen MR) is 122 cm³/mol. The fourth-order valence-electron chi connectivity index (χ4n) is 3.88. The van der Waals surface area contributed by atoms with Gasteiger partial charge in [-0.15, -0.1) is 0 Å². The first-order chi connectivity index (χ1) is 16.0. The molecule has 0 saturated heterocycles. The lowest BCUT2D eigenvalue weighted by molar-refractivity contribution is -0.113. The van der Waals surface area contributed by atoms with Crippen LogP contribution >= 0.6 is 0 Å². The zero-order valence-electron chi connectivity index (χ0n) is 19.0. The van der Waals surface area contributed by atoms with Gasteiger partial charge in [0.25, 0.3) is 5.91 Å². The number of carbonyl (C=O) groups excluding carboxylic acids is 1. The number of amides is 1. The Morgan fingerprint density at radius 2 is 1.64 bits per heavy atom. The first-order valence-corrected chi connectivity index (χ1v) is 10.1. The molecule has 1 aliphatic rings. The average Bonchev–Trinajstić information content (AvgIpc) is 3.30. The van der Waals surface area contributed by atoms with Gasteiger partial charge in [-0.25, -0.2) is 4.68 Å². The second kappa shape index (κ2) is 9.11. The molecule has 1 atom stereocenters. The Balaban J connectivity index is 1.86. The van der Waals surface area contributed by atoms with Gasteiger partial charge in [0.1, 0.15) is 23.9 Å². The molecule has 10 heteroatoms. The first-order valence-electron chi connectivity index (χ1n) is 10.1. The summed E-state index contributed by atoms with van der Waals surface area (Å²) < 4.78 is 23.6. The van der Waals surface area contributed by atoms with Crippen molar-refractivity contribution in [3.8, 4) is 23.0 Å². The van der Waals surface area contributed by atoms with Gasteiger partial charge < -0.3 is 29.6 Å². The Morgan fingerprint density at radius 1 is 0.970 bits per heavy atom. The van der Waals surface area contributed by atoms with Crippen molar-refractivity contribution < 1.29 is 23.7 Å². The van der Waals surface area contributed by atoms with E-state index in [0.717, 1.165) is 0 Å². The van der Waals surface area contributed by atoms with Gasteiger partial charge in [-0.05, 0) is 25.1 Å². The molecule has 1 aliphatic heterocycles. The van der Waals surface area contributed by atoms with Gasteiger partial charge in [0, 0.05) is 17.3 Å². The van der Waals surface area contributed by atoms with Gasteiger partial charge in [0.05, 0.1) is 39.7 Å². The first kappa shape index (κ1) is 22.0. The Kier molecular flexibility index (Phi) is 6.07. The molecule has 0 unspecified atom stereocenters. The summed E-state index contributed by atoms with van der Waals surface area (Å²) in [4.78, 5) is 17.9. The standard InChI is InChI=1S/C23H25N5O5/c1-13-20(22(29)27-15-8-6-7-9-16(15)30-2)21(28-23(26-13)24-12-25-28)14-10-18(32-4)19(33-5)11-17(14)31-3/h6-12,21H,1-5H3,(H,27,29)(H,24,25,26)/t21-/m1/s1. The number of benzene rings is 2. The highest BCUT2D eigenvalue weighted by atomic mass is 16.5. The highest BCUT2D eigenvalue weighted by molar-refractivity contribution is 6.06. The van der Waals surface area contributed by atoms with E-state index in [9.17, 15) is 4.79 Å². The number of ether oxygens (including phenoxy) is 4. The van der Waals surface area contributed by atoms with Crippen molar-refractivity contribution in [3.05, 3.63) is 59.6 Å². The minimum Gasteiger partial charge on any atom is -0.496 e. The van der Waals surface area contributed by atoms with Crippen LogP contribution < -0.4 is 29.6 Å². The lowest BCUT2D eigenvalue weighted by Gasteiger charge is -2.30. The lowest BCUT2D eigenvalue weighted by Crippen LogP contribution is -2.31. The molecule has 2 N–H and O–H groups in total. The molecule has 1 amide bonds. The number of nitrogens with zero attached hydrogens (tertiary/aromatic N) is 3. The van der Waals surface area contributed by atoms with E-state index in [0.29, 0.717) is 51.5 Å². The molecule has 1 aromatic heterocycles. The largest absolute Gasteiger partial charge is 0.496 e. The van der Waals surface area contributed by atoms with Gasteiger partial charge in [-0.2, -0.15) is 10.1 Å². The summed E-state index contributed by atoms with van der Waals surface area (Å²) >= 11 is 0. The second-order valence-electron chi connectivity index (χ2n) is 7.20. The monoisotopic (exact) mass is 451 g/mol. The summed E-state index contributed by atoms with van der Waals surface area (Å²) in [5.74, 6) is 2.24. The lowest BCUT2D eigenvalue weighted by atomic mass is 9.93. The number of para-hydroxylation sites is 2. The van der Waals surface area contributed by atoms with Crippen LogP contribution in [0.4, 0.5) is 11.6 Å². The van der Waals surface area contributed by atoms with Crippen molar-refractivity contribution in [1.29, 1.82) is 0 Å². The number of methoxy groups -OCH3 is 4. The molecule has 0 bridgehead atoms. The molecule has 33 heavy (non-hydrogen) atoms. The molecular formula is C23H25N5O5.